The van der Waals surface area contributed by atoms with Crippen molar-refractivity contribution >= 4 is 40.7 Å². The van der Waals surface area contributed by atoms with Crippen molar-refractivity contribution in [1.82, 2.24) is 19.3 Å². The lowest BCUT2D eigenvalue weighted by molar-refractivity contribution is 0.425. The van der Waals surface area contributed by atoms with Crippen LogP contribution in [0.1, 0.15) is 29.7 Å². The van der Waals surface area contributed by atoms with Gasteiger partial charge >= 0.3 is 0 Å². The molecular formula is C23H21FN6OS2. The van der Waals surface area contributed by atoms with Crippen LogP contribution in [0.3, 0.4) is 0 Å². The predicted octanol–water partition coefficient (Wildman–Crippen LogP) is 4.32. The minimum Gasteiger partial charge on any atom is -0.305 e. The van der Waals surface area contributed by atoms with Crippen LogP contribution < -0.4 is 9.14 Å². The Bertz CT molecular complexity index is 1330. The summed E-state index contributed by atoms with van der Waals surface area (Å²) < 4.78 is 37.8. The Labute approximate surface area is 197 Å². The van der Waals surface area contributed by atoms with E-state index in [9.17, 15) is 8.60 Å². The van der Waals surface area contributed by atoms with Crippen molar-refractivity contribution in [2.24, 2.45) is 4.40 Å². The SMILES string of the molecule is Cc1cn(-c2ccc(C=C3CCCN4C3=NS(=O)N4c3ccc(F)cc3)c3c2SNC3)cn1. The van der Waals surface area contributed by atoms with Gasteiger partial charge in [0.2, 0.25) is 0 Å². The number of nitrogens with one attached hydrogen (secondary N) is 1. The van der Waals surface area contributed by atoms with Crippen molar-refractivity contribution in [2.75, 3.05) is 11.0 Å². The number of benzene rings is 2. The molecular weight excluding hydrogens is 459 g/mol. The van der Waals surface area contributed by atoms with Gasteiger partial charge in [-0.1, -0.05) is 6.07 Å². The molecule has 3 aliphatic heterocycles. The van der Waals surface area contributed by atoms with Gasteiger partial charge < -0.3 is 4.57 Å². The fourth-order valence-corrected chi connectivity index (χ4v) is 6.42. The van der Waals surface area contributed by atoms with E-state index < -0.39 is 11.2 Å². The first-order valence-electron chi connectivity index (χ1n) is 10.7. The van der Waals surface area contributed by atoms with Crippen LogP contribution in [0.15, 0.2) is 63.8 Å². The quantitative estimate of drug-likeness (QED) is 0.566. The van der Waals surface area contributed by atoms with Crippen molar-refractivity contribution in [3.63, 3.8) is 0 Å². The largest absolute Gasteiger partial charge is 0.305 e. The van der Waals surface area contributed by atoms with Crippen molar-refractivity contribution in [3.8, 4) is 5.69 Å². The molecule has 6 rings (SSSR count). The second-order valence-electron chi connectivity index (χ2n) is 8.12. The van der Waals surface area contributed by atoms with Crippen LogP contribution in [0.25, 0.3) is 11.8 Å². The fraction of sp³-hybridized carbons (Fsp3) is 0.217. The molecule has 33 heavy (non-hydrogen) atoms. The summed E-state index contributed by atoms with van der Waals surface area (Å²) in [5.74, 6) is 0.407. The highest BCUT2D eigenvalue weighted by Crippen LogP contribution is 2.38. The van der Waals surface area contributed by atoms with Crippen LogP contribution >= 0.6 is 11.9 Å². The van der Waals surface area contributed by atoms with E-state index in [1.807, 2.05) is 24.5 Å². The van der Waals surface area contributed by atoms with Crippen LogP contribution in [0, 0.1) is 12.7 Å². The van der Waals surface area contributed by atoms with Crippen molar-refractivity contribution in [1.29, 1.82) is 0 Å². The first kappa shape index (κ1) is 20.6. The van der Waals surface area contributed by atoms with Gasteiger partial charge in [0.1, 0.15) is 5.82 Å². The molecule has 0 radical (unpaired) electrons. The lowest BCUT2D eigenvalue weighted by atomic mass is 9.98. The molecule has 2 aromatic carbocycles. The van der Waals surface area contributed by atoms with Gasteiger partial charge in [-0.2, -0.15) is 4.41 Å². The maximum absolute atomic E-state index is 13.4. The normalized spacial score (nSPS) is 20.8. The van der Waals surface area contributed by atoms with Gasteiger partial charge in [0, 0.05) is 19.3 Å². The smallest absolute Gasteiger partial charge is 0.267 e. The molecule has 10 heteroatoms. The second-order valence-corrected chi connectivity index (χ2v) is 10.0. The van der Waals surface area contributed by atoms with Gasteiger partial charge in [-0.25, -0.2) is 13.6 Å². The standard InChI is InChI=1S/C23H21FN6OS2/c1-15-13-28(14-25-15)21-9-4-16(20-12-26-32-22(20)21)11-17-3-2-10-29-23(17)27-33(31)30(29)19-7-5-18(24)6-8-19/h4-9,11,13-14,26H,2-3,10,12H2,1H3. The monoisotopic (exact) mass is 480 g/mol. The fourth-order valence-electron chi connectivity index (χ4n) is 4.40. The number of imidazole rings is 1. The summed E-state index contributed by atoms with van der Waals surface area (Å²) >= 11 is 0.0523. The van der Waals surface area contributed by atoms with Gasteiger partial charge in [-0.3, -0.25) is 9.73 Å². The van der Waals surface area contributed by atoms with E-state index in [2.05, 4.69) is 36.9 Å². The zero-order valence-corrected chi connectivity index (χ0v) is 19.5. The topological polar surface area (TPSA) is 65.8 Å². The summed E-state index contributed by atoms with van der Waals surface area (Å²) in [7, 11) is 0. The number of rotatable bonds is 3. The summed E-state index contributed by atoms with van der Waals surface area (Å²) in [6.07, 6.45) is 7.82. The van der Waals surface area contributed by atoms with Crippen LogP contribution in [-0.2, 0) is 17.7 Å². The Hall–Kier alpha value is -2.95. The van der Waals surface area contributed by atoms with E-state index in [1.54, 1.807) is 28.5 Å². The molecule has 1 aromatic heterocycles. The maximum atomic E-state index is 13.4. The van der Waals surface area contributed by atoms with Crippen LogP contribution in [0.5, 0.6) is 0 Å². The van der Waals surface area contributed by atoms with Gasteiger partial charge in [0.25, 0.3) is 11.2 Å². The molecule has 3 aliphatic rings. The molecule has 7 nitrogen and oxygen atoms in total. The average molecular weight is 481 g/mol. The van der Waals surface area contributed by atoms with Crippen molar-refractivity contribution in [3.05, 3.63) is 77.1 Å². The van der Waals surface area contributed by atoms with Gasteiger partial charge in [0.05, 0.1) is 28.3 Å². The number of hydrazine groups is 1. The van der Waals surface area contributed by atoms with Crippen LogP contribution in [-0.4, -0.2) is 31.1 Å². The first-order chi connectivity index (χ1) is 16.1. The number of hydrogen-bond acceptors (Lipinski definition) is 5. The first-order valence-corrected chi connectivity index (χ1v) is 12.6. The summed E-state index contributed by atoms with van der Waals surface area (Å²) in [5.41, 5.74) is 6.18. The number of amidine groups is 1. The van der Waals surface area contributed by atoms with E-state index in [4.69, 9.17) is 0 Å². The Balaban J connectivity index is 1.36. The molecule has 1 saturated heterocycles. The second kappa shape index (κ2) is 8.12. The van der Waals surface area contributed by atoms with E-state index in [0.29, 0.717) is 12.2 Å². The number of aryl methyl sites for hydroxylation is 1. The van der Waals surface area contributed by atoms with Crippen molar-refractivity contribution < 1.29 is 8.60 Å². The number of nitrogens with zero attached hydrogens (tertiary/aromatic N) is 5. The van der Waals surface area contributed by atoms with Gasteiger partial charge in [-0.05, 0) is 84.8 Å². The molecule has 0 aliphatic carbocycles. The lowest BCUT2D eigenvalue weighted by Gasteiger charge is -2.33. The number of anilines is 1. The van der Waals surface area contributed by atoms with E-state index in [1.165, 1.54) is 22.6 Å². The molecule has 1 N–H and O–H groups in total. The highest BCUT2D eigenvalue weighted by molar-refractivity contribution is 7.97. The van der Waals surface area contributed by atoms with E-state index in [-0.39, 0.29) is 5.82 Å². The minimum atomic E-state index is -1.59. The molecule has 0 amide bonds. The minimum absolute atomic E-state index is 0.321. The van der Waals surface area contributed by atoms with E-state index in [0.717, 1.165) is 47.7 Å². The molecule has 1 fully saturated rings. The lowest BCUT2D eigenvalue weighted by Crippen LogP contribution is -2.45. The van der Waals surface area contributed by atoms with Gasteiger partial charge in [-0.15, -0.1) is 4.40 Å². The highest BCUT2D eigenvalue weighted by Gasteiger charge is 2.36. The number of fused-ring (bicyclic) bond motifs is 2. The summed E-state index contributed by atoms with van der Waals surface area (Å²) in [5, 5.41) is 1.95. The van der Waals surface area contributed by atoms with E-state index >= 15 is 0 Å². The molecule has 0 spiro atoms. The number of piperidine rings is 1. The zero-order valence-electron chi connectivity index (χ0n) is 17.9. The number of hydrogen-bond donors (Lipinski definition) is 1. The Morgan fingerprint density at radius 2 is 2.06 bits per heavy atom. The summed E-state index contributed by atoms with van der Waals surface area (Å²) in [4.78, 5) is 5.55. The molecule has 1 unspecified atom stereocenters. The zero-order chi connectivity index (χ0) is 22.5. The van der Waals surface area contributed by atoms with Gasteiger partial charge in [0.15, 0.2) is 5.84 Å². The number of halogens is 1. The number of aromatic nitrogens is 2. The van der Waals surface area contributed by atoms with Crippen LogP contribution in [0.4, 0.5) is 10.1 Å². The highest BCUT2D eigenvalue weighted by atomic mass is 32.2. The molecule has 3 aromatic rings. The predicted molar refractivity (Wildman–Crippen MR) is 129 cm³/mol. The molecule has 0 saturated carbocycles. The molecule has 1 atom stereocenters. The average Bonchev–Trinajstić information content (AvgIpc) is 3.54. The molecule has 0 bridgehead atoms. The Kier molecular flexibility index (Phi) is 5.08. The van der Waals surface area contributed by atoms with Crippen LogP contribution in [0.2, 0.25) is 0 Å². The third-order valence-electron chi connectivity index (χ3n) is 5.95. The summed E-state index contributed by atoms with van der Waals surface area (Å²) in [6.45, 7) is 3.47. The Morgan fingerprint density at radius 1 is 1.21 bits per heavy atom. The molecule has 4 heterocycles. The third kappa shape index (κ3) is 3.58. The summed E-state index contributed by atoms with van der Waals surface area (Å²) in [6, 6.07) is 10.3. The molecule has 168 valence electrons. The third-order valence-corrected chi connectivity index (χ3v) is 7.93. The van der Waals surface area contributed by atoms with Crippen molar-refractivity contribution in [2.45, 2.75) is 31.2 Å². The Morgan fingerprint density at radius 3 is 2.85 bits per heavy atom. The maximum Gasteiger partial charge on any atom is 0.267 e.